The van der Waals surface area contributed by atoms with Crippen LogP contribution in [0.3, 0.4) is 0 Å². The van der Waals surface area contributed by atoms with Gasteiger partial charge in [0, 0.05) is 24.7 Å². The predicted octanol–water partition coefficient (Wildman–Crippen LogP) is 3.71. The van der Waals surface area contributed by atoms with Crippen molar-refractivity contribution >= 4 is 40.8 Å². The van der Waals surface area contributed by atoms with Crippen LogP contribution in [0.2, 0.25) is 0 Å². The molecule has 2 N–H and O–H groups in total. The summed E-state index contributed by atoms with van der Waals surface area (Å²) >= 11 is 0. The summed E-state index contributed by atoms with van der Waals surface area (Å²) in [7, 11) is 0. The number of para-hydroxylation sites is 1. The van der Waals surface area contributed by atoms with Gasteiger partial charge in [0.1, 0.15) is 0 Å². The molecule has 0 amide bonds. The van der Waals surface area contributed by atoms with Gasteiger partial charge in [-0.3, -0.25) is 4.98 Å². The number of aromatic nitrogens is 1. The maximum Gasteiger partial charge on any atom is 0.191 e. The number of fused-ring (bicyclic) bond motifs is 1. The van der Waals surface area contributed by atoms with Crippen LogP contribution in [0.5, 0.6) is 0 Å². The highest BCUT2D eigenvalue weighted by molar-refractivity contribution is 14.0. The second kappa shape index (κ2) is 10.4. The fourth-order valence-electron chi connectivity index (χ4n) is 2.18. The monoisotopic (exact) mass is 412 g/mol. The number of rotatable bonds is 6. The predicted molar refractivity (Wildman–Crippen MR) is 105 cm³/mol. The molecule has 1 heterocycles. The summed E-state index contributed by atoms with van der Waals surface area (Å²) in [5, 5.41) is 7.80. The van der Waals surface area contributed by atoms with Crippen molar-refractivity contribution in [1.82, 2.24) is 15.6 Å². The number of hydrogen-bond acceptors (Lipinski definition) is 2. The molecule has 0 aliphatic heterocycles. The zero-order valence-electron chi connectivity index (χ0n) is 13.3. The quantitative estimate of drug-likeness (QED) is 0.329. The molecule has 0 bridgehead atoms. The van der Waals surface area contributed by atoms with Crippen molar-refractivity contribution in [2.24, 2.45) is 4.99 Å². The van der Waals surface area contributed by atoms with Crippen molar-refractivity contribution < 1.29 is 0 Å². The van der Waals surface area contributed by atoms with Gasteiger partial charge in [-0.1, -0.05) is 37.6 Å². The number of halogens is 1. The van der Waals surface area contributed by atoms with Crippen molar-refractivity contribution in [3.8, 4) is 0 Å². The van der Waals surface area contributed by atoms with E-state index >= 15 is 0 Å². The van der Waals surface area contributed by atoms with Gasteiger partial charge in [0.05, 0.1) is 12.1 Å². The van der Waals surface area contributed by atoms with Crippen LogP contribution < -0.4 is 10.6 Å². The Hall–Kier alpha value is -1.37. The third-order valence-electron chi connectivity index (χ3n) is 3.29. The standard InChI is InChI=1S/C17H24N4.HI/c1-3-5-11-20-17(18-4-2)21-13-15-9-6-8-14-10-7-12-19-16(14)15;/h6-10,12H,3-5,11,13H2,1-2H3,(H2,18,20,21);1H. The summed E-state index contributed by atoms with van der Waals surface area (Å²) in [5.74, 6) is 0.874. The SMILES string of the molecule is CCCCNC(=NCc1cccc2cccnc12)NCC.I. The largest absolute Gasteiger partial charge is 0.357 e. The van der Waals surface area contributed by atoms with Gasteiger partial charge < -0.3 is 10.6 Å². The third-order valence-corrected chi connectivity index (χ3v) is 3.29. The fraction of sp³-hybridized carbons (Fsp3) is 0.412. The normalized spacial score (nSPS) is 11.1. The van der Waals surface area contributed by atoms with E-state index < -0.39 is 0 Å². The molecule has 0 fully saturated rings. The Bertz CT molecular complexity index is 593. The maximum absolute atomic E-state index is 4.66. The number of hydrogen-bond donors (Lipinski definition) is 2. The molecule has 0 radical (unpaired) electrons. The summed E-state index contributed by atoms with van der Waals surface area (Å²) in [4.78, 5) is 9.13. The second-order valence-electron chi connectivity index (χ2n) is 4.97. The van der Waals surface area contributed by atoms with Gasteiger partial charge in [0.15, 0.2) is 5.96 Å². The molecule has 5 heteroatoms. The van der Waals surface area contributed by atoms with Crippen molar-refractivity contribution in [3.63, 3.8) is 0 Å². The lowest BCUT2D eigenvalue weighted by Gasteiger charge is -2.11. The first-order valence-electron chi connectivity index (χ1n) is 7.70. The Kier molecular flexibility index (Phi) is 8.81. The van der Waals surface area contributed by atoms with E-state index in [-0.39, 0.29) is 24.0 Å². The molecule has 0 atom stereocenters. The molecule has 22 heavy (non-hydrogen) atoms. The molecule has 0 unspecified atom stereocenters. The topological polar surface area (TPSA) is 49.3 Å². The molecule has 0 saturated heterocycles. The van der Waals surface area contributed by atoms with E-state index in [1.807, 2.05) is 12.3 Å². The first-order chi connectivity index (χ1) is 10.3. The van der Waals surface area contributed by atoms with E-state index in [4.69, 9.17) is 0 Å². The first kappa shape index (κ1) is 18.7. The number of aliphatic imine (C=N–C) groups is 1. The minimum atomic E-state index is 0. The average molecular weight is 412 g/mol. The molecule has 2 rings (SSSR count). The molecule has 4 nitrogen and oxygen atoms in total. The molecular formula is C17H25IN4. The Morgan fingerprint density at radius 2 is 1.95 bits per heavy atom. The summed E-state index contributed by atoms with van der Waals surface area (Å²) in [6.45, 7) is 6.72. The minimum absolute atomic E-state index is 0. The van der Waals surface area contributed by atoms with Gasteiger partial charge in [0.25, 0.3) is 0 Å². The van der Waals surface area contributed by atoms with Gasteiger partial charge in [-0.15, -0.1) is 24.0 Å². The Morgan fingerprint density at radius 3 is 2.73 bits per heavy atom. The molecule has 0 saturated carbocycles. The van der Waals surface area contributed by atoms with Crippen LogP contribution >= 0.6 is 24.0 Å². The van der Waals surface area contributed by atoms with Crippen LogP contribution in [0.15, 0.2) is 41.5 Å². The van der Waals surface area contributed by atoms with Gasteiger partial charge in [-0.05, 0) is 25.0 Å². The maximum atomic E-state index is 4.66. The smallest absolute Gasteiger partial charge is 0.191 e. The van der Waals surface area contributed by atoms with Crippen molar-refractivity contribution in [2.45, 2.75) is 33.2 Å². The van der Waals surface area contributed by atoms with Crippen LogP contribution in [0.25, 0.3) is 10.9 Å². The van der Waals surface area contributed by atoms with Gasteiger partial charge in [-0.2, -0.15) is 0 Å². The molecule has 0 aliphatic rings. The number of benzene rings is 1. The highest BCUT2D eigenvalue weighted by Crippen LogP contribution is 2.16. The minimum Gasteiger partial charge on any atom is -0.357 e. The van der Waals surface area contributed by atoms with E-state index in [1.54, 1.807) is 0 Å². The Morgan fingerprint density at radius 1 is 1.14 bits per heavy atom. The summed E-state index contributed by atoms with van der Waals surface area (Å²) in [6, 6.07) is 10.3. The van der Waals surface area contributed by atoms with Crippen molar-refractivity contribution in [3.05, 3.63) is 42.1 Å². The molecule has 1 aromatic heterocycles. The van der Waals surface area contributed by atoms with E-state index in [0.29, 0.717) is 6.54 Å². The Labute approximate surface area is 149 Å². The number of nitrogens with one attached hydrogen (secondary N) is 2. The summed E-state index contributed by atoms with van der Waals surface area (Å²) in [6.07, 6.45) is 4.17. The molecular weight excluding hydrogens is 387 g/mol. The van der Waals surface area contributed by atoms with Crippen LogP contribution in [-0.2, 0) is 6.54 Å². The second-order valence-corrected chi connectivity index (χ2v) is 4.97. The first-order valence-corrected chi connectivity index (χ1v) is 7.70. The zero-order valence-corrected chi connectivity index (χ0v) is 15.6. The van der Waals surface area contributed by atoms with Crippen LogP contribution in [0, 0.1) is 0 Å². The summed E-state index contributed by atoms with van der Waals surface area (Å²) in [5.41, 5.74) is 2.19. The molecule has 2 aromatic rings. The summed E-state index contributed by atoms with van der Waals surface area (Å²) < 4.78 is 0. The lowest BCUT2D eigenvalue weighted by Crippen LogP contribution is -2.37. The highest BCUT2D eigenvalue weighted by Gasteiger charge is 2.02. The van der Waals surface area contributed by atoms with E-state index in [9.17, 15) is 0 Å². The lowest BCUT2D eigenvalue weighted by atomic mass is 10.1. The van der Waals surface area contributed by atoms with Crippen molar-refractivity contribution in [2.75, 3.05) is 13.1 Å². The van der Waals surface area contributed by atoms with Crippen LogP contribution in [0.1, 0.15) is 32.3 Å². The van der Waals surface area contributed by atoms with Crippen LogP contribution in [0.4, 0.5) is 0 Å². The van der Waals surface area contributed by atoms with E-state index in [1.165, 1.54) is 6.42 Å². The van der Waals surface area contributed by atoms with E-state index in [2.05, 4.69) is 58.7 Å². The molecule has 0 spiro atoms. The highest BCUT2D eigenvalue weighted by atomic mass is 127. The molecule has 1 aromatic carbocycles. The Balaban J connectivity index is 0.00000242. The van der Waals surface area contributed by atoms with Crippen LogP contribution in [-0.4, -0.2) is 24.0 Å². The van der Waals surface area contributed by atoms with Crippen molar-refractivity contribution in [1.29, 1.82) is 0 Å². The number of unbranched alkanes of at least 4 members (excludes halogenated alkanes) is 1. The molecule has 120 valence electrons. The number of pyridine rings is 1. The lowest BCUT2D eigenvalue weighted by molar-refractivity contribution is 0.730. The molecule has 0 aliphatic carbocycles. The van der Waals surface area contributed by atoms with Gasteiger partial charge in [0.2, 0.25) is 0 Å². The number of guanidine groups is 1. The van der Waals surface area contributed by atoms with Gasteiger partial charge >= 0.3 is 0 Å². The third kappa shape index (κ3) is 5.44. The average Bonchev–Trinajstić information content (AvgIpc) is 2.53. The fourth-order valence-corrected chi connectivity index (χ4v) is 2.18. The number of nitrogens with zero attached hydrogens (tertiary/aromatic N) is 2. The zero-order chi connectivity index (χ0) is 14.9. The van der Waals surface area contributed by atoms with E-state index in [0.717, 1.165) is 41.9 Å². The van der Waals surface area contributed by atoms with Gasteiger partial charge in [-0.25, -0.2) is 4.99 Å².